The topological polar surface area (TPSA) is 50.2 Å². The van der Waals surface area contributed by atoms with Crippen LogP contribution in [0.3, 0.4) is 0 Å². The highest BCUT2D eigenvalue weighted by Crippen LogP contribution is 2.24. The van der Waals surface area contributed by atoms with E-state index in [0.717, 1.165) is 10.0 Å². The van der Waals surface area contributed by atoms with E-state index in [4.69, 9.17) is 11.6 Å². The molecule has 0 saturated carbocycles. The molecule has 0 atom stereocenters. The first-order chi connectivity index (χ1) is 9.08. The predicted molar refractivity (Wildman–Crippen MR) is 78.4 cm³/mol. The second kappa shape index (κ2) is 5.99. The van der Waals surface area contributed by atoms with Crippen LogP contribution in [0.4, 0.5) is 0 Å². The average Bonchev–Trinajstić information content (AvgIpc) is 2.38. The molecule has 5 heteroatoms. The number of ketones is 1. The molecule has 1 N–H and O–H groups in total. The Morgan fingerprint density at radius 3 is 2.58 bits per heavy atom. The molecule has 0 unspecified atom stereocenters. The SMILES string of the molecule is O=C(C=Cc1ccc(Br)cc1)c1c(O)cncc1Cl. The van der Waals surface area contributed by atoms with Crippen molar-refractivity contribution in [3.8, 4) is 5.75 Å². The second-order valence-electron chi connectivity index (χ2n) is 3.76. The van der Waals surface area contributed by atoms with Gasteiger partial charge in [0.2, 0.25) is 0 Å². The summed E-state index contributed by atoms with van der Waals surface area (Å²) < 4.78 is 0.964. The van der Waals surface area contributed by atoms with Gasteiger partial charge < -0.3 is 5.11 Å². The maximum atomic E-state index is 12.0. The van der Waals surface area contributed by atoms with Crippen LogP contribution in [0.25, 0.3) is 6.08 Å². The molecule has 0 aliphatic rings. The maximum Gasteiger partial charge on any atom is 0.191 e. The smallest absolute Gasteiger partial charge is 0.191 e. The number of aromatic nitrogens is 1. The molecular weight excluding hydrogens is 330 g/mol. The Morgan fingerprint density at radius 1 is 1.26 bits per heavy atom. The molecule has 1 heterocycles. The van der Waals surface area contributed by atoms with E-state index in [0.29, 0.717) is 0 Å². The molecule has 0 amide bonds. The lowest BCUT2D eigenvalue weighted by Gasteiger charge is -2.01. The molecular formula is C14H9BrClNO2. The molecule has 96 valence electrons. The fourth-order valence-corrected chi connectivity index (χ4v) is 2.01. The number of hydrogen-bond donors (Lipinski definition) is 1. The third-order valence-electron chi connectivity index (χ3n) is 2.42. The molecule has 0 radical (unpaired) electrons. The first-order valence-electron chi connectivity index (χ1n) is 5.38. The standard InChI is InChI=1S/C14H9BrClNO2/c15-10-4-1-9(2-5-10)3-6-12(18)14-11(16)7-17-8-13(14)19/h1-8,19H. The van der Waals surface area contributed by atoms with Crippen molar-refractivity contribution in [2.75, 3.05) is 0 Å². The molecule has 0 bridgehead atoms. The lowest BCUT2D eigenvalue weighted by atomic mass is 10.1. The molecule has 1 aromatic carbocycles. The van der Waals surface area contributed by atoms with Crippen molar-refractivity contribution in [3.63, 3.8) is 0 Å². The number of pyridine rings is 1. The van der Waals surface area contributed by atoms with E-state index in [1.165, 1.54) is 18.5 Å². The van der Waals surface area contributed by atoms with Crippen molar-refractivity contribution in [2.24, 2.45) is 0 Å². The minimum Gasteiger partial charge on any atom is -0.505 e. The van der Waals surface area contributed by atoms with Crippen molar-refractivity contribution in [2.45, 2.75) is 0 Å². The number of rotatable bonds is 3. The predicted octanol–water partition coefficient (Wildman–Crippen LogP) is 4.10. The van der Waals surface area contributed by atoms with Crippen molar-refractivity contribution in [3.05, 3.63) is 63.4 Å². The largest absolute Gasteiger partial charge is 0.505 e. The Hall–Kier alpha value is -1.65. The molecule has 2 rings (SSSR count). The summed E-state index contributed by atoms with van der Waals surface area (Å²) >= 11 is 9.18. The Labute approximate surface area is 123 Å². The summed E-state index contributed by atoms with van der Waals surface area (Å²) in [5, 5.41) is 9.72. The number of carbonyl (C=O) groups is 1. The van der Waals surface area contributed by atoms with Gasteiger partial charge in [-0.25, -0.2) is 0 Å². The normalized spacial score (nSPS) is 10.8. The van der Waals surface area contributed by atoms with Crippen LogP contribution in [0.1, 0.15) is 15.9 Å². The van der Waals surface area contributed by atoms with Crippen molar-refractivity contribution >= 4 is 39.4 Å². The molecule has 0 aliphatic carbocycles. The van der Waals surface area contributed by atoms with Crippen molar-refractivity contribution in [1.82, 2.24) is 4.98 Å². The number of benzene rings is 1. The fraction of sp³-hybridized carbons (Fsp3) is 0. The first kappa shape index (κ1) is 13.8. The molecule has 1 aromatic heterocycles. The Balaban J connectivity index is 2.24. The number of halogens is 2. The highest BCUT2D eigenvalue weighted by molar-refractivity contribution is 9.10. The van der Waals surface area contributed by atoms with Gasteiger partial charge in [0.1, 0.15) is 5.75 Å². The van der Waals surface area contributed by atoms with Gasteiger partial charge >= 0.3 is 0 Å². The molecule has 0 fully saturated rings. The van der Waals surface area contributed by atoms with E-state index in [-0.39, 0.29) is 22.1 Å². The van der Waals surface area contributed by atoms with Gasteiger partial charge in [0.25, 0.3) is 0 Å². The third kappa shape index (κ3) is 3.43. The van der Waals surface area contributed by atoms with Crippen LogP contribution in [0.2, 0.25) is 5.02 Å². The lowest BCUT2D eigenvalue weighted by Crippen LogP contribution is -1.97. The summed E-state index contributed by atoms with van der Waals surface area (Å²) in [6, 6.07) is 7.48. The zero-order chi connectivity index (χ0) is 13.8. The lowest BCUT2D eigenvalue weighted by molar-refractivity contribution is 0.104. The van der Waals surface area contributed by atoms with Crippen LogP contribution < -0.4 is 0 Å². The zero-order valence-electron chi connectivity index (χ0n) is 9.68. The summed E-state index contributed by atoms with van der Waals surface area (Å²) in [6.07, 6.45) is 5.53. The number of carbonyl (C=O) groups excluding carboxylic acids is 1. The van der Waals surface area contributed by atoms with Crippen LogP contribution in [-0.4, -0.2) is 15.9 Å². The van der Waals surface area contributed by atoms with Crippen LogP contribution in [-0.2, 0) is 0 Å². The maximum absolute atomic E-state index is 12.0. The van der Waals surface area contributed by atoms with E-state index in [1.807, 2.05) is 24.3 Å². The molecule has 0 spiro atoms. The number of nitrogens with zero attached hydrogens (tertiary/aromatic N) is 1. The molecule has 0 saturated heterocycles. The van der Waals surface area contributed by atoms with Gasteiger partial charge in [0.05, 0.1) is 16.8 Å². The van der Waals surface area contributed by atoms with Crippen LogP contribution in [0, 0.1) is 0 Å². The van der Waals surface area contributed by atoms with Crippen LogP contribution >= 0.6 is 27.5 Å². The van der Waals surface area contributed by atoms with E-state index < -0.39 is 0 Å². The monoisotopic (exact) mass is 337 g/mol. The summed E-state index contributed by atoms with van der Waals surface area (Å²) in [5.41, 5.74) is 0.936. The average molecular weight is 339 g/mol. The van der Waals surface area contributed by atoms with E-state index in [1.54, 1.807) is 6.08 Å². The first-order valence-corrected chi connectivity index (χ1v) is 6.55. The van der Waals surface area contributed by atoms with E-state index >= 15 is 0 Å². The quantitative estimate of drug-likeness (QED) is 0.677. The number of hydrogen-bond acceptors (Lipinski definition) is 3. The minimum absolute atomic E-state index is 0.0602. The van der Waals surface area contributed by atoms with Gasteiger partial charge in [0.15, 0.2) is 5.78 Å². The Bertz CT molecular complexity index is 618. The van der Waals surface area contributed by atoms with Gasteiger partial charge in [-0.2, -0.15) is 0 Å². The van der Waals surface area contributed by atoms with Crippen LogP contribution in [0.5, 0.6) is 5.75 Å². The third-order valence-corrected chi connectivity index (χ3v) is 3.24. The summed E-state index contributed by atoms with van der Waals surface area (Å²) in [4.78, 5) is 15.6. The molecule has 3 nitrogen and oxygen atoms in total. The van der Waals surface area contributed by atoms with Crippen LogP contribution in [0.15, 0.2) is 47.2 Å². The van der Waals surface area contributed by atoms with Gasteiger partial charge in [-0.3, -0.25) is 9.78 Å². The highest BCUT2D eigenvalue weighted by Gasteiger charge is 2.12. The van der Waals surface area contributed by atoms with Crippen molar-refractivity contribution in [1.29, 1.82) is 0 Å². The molecule has 19 heavy (non-hydrogen) atoms. The number of aromatic hydroxyl groups is 1. The summed E-state index contributed by atoms with van der Waals surface area (Å²) in [5.74, 6) is -0.592. The number of allylic oxidation sites excluding steroid dienone is 1. The van der Waals surface area contributed by atoms with Gasteiger partial charge in [-0.1, -0.05) is 45.7 Å². The summed E-state index contributed by atoms with van der Waals surface area (Å²) in [6.45, 7) is 0. The molecule has 0 aliphatic heterocycles. The molecule has 2 aromatic rings. The highest BCUT2D eigenvalue weighted by atomic mass is 79.9. The van der Waals surface area contributed by atoms with Gasteiger partial charge in [0, 0.05) is 10.7 Å². The van der Waals surface area contributed by atoms with E-state index in [9.17, 15) is 9.90 Å². The second-order valence-corrected chi connectivity index (χ2v) is 5.09. The van der Waals surface area contributed by atoms with E-state index in [2.05, 4.69) is 20.9 Å². The zero-order valence-corrected chi connectivity index (χ0v) is 12.0. The van der Waals surface area contributed by atoms with Crippen molar-refractivity contribution < 1.29 is 9.90 Å². The fourth-order valence-electron chi connectivity index (χ4n) is 1.50. The summed E-state index contributed by atoms with van der Waals surface area (Å²) in [7, 11) is 0. The minimum atomic E-state index is -0.368. The van der Waals surface area contributed by atoms with Gasteiger partial charge in [-0.15, -0.1) is 0 Å². The Kier molecular flexibility index (Phi) is 4.35. The van der Waals surface area contributed by atoms with Gasteiger partial charge in [-0.05, 0) is 23.8 Å². The Morgan fingerprint density at radius 2 is 1.95 bits per heavy atom.